The lowest BCUT2D eigenvalue weighted by Crippen LogP contribution is -2.09. The van der Waals surface area contributed by atoms with Crippen LogP contribution in [0.25, 0.3) is 10.6 Å². The summed E-state index contributed by atoms with van der Waals surface area (Å²) in [5, 5.41) is 14.1. The molecule has 0 fully saturated rings. The van der Waals surface area contributed by atoms with E-state index in [1.165, 1.54) is 0 Å². The molecule has 20 heavy (non-hydrogen) atoms. The summed E-state index contributed by atoms with van der Waals surface area (Å²) in [5.41, 5.74) is 7.57. The maximum Gasteiger partial charge on any atom is 0.177 e. The van der Waals surface area contributed by atoms with Crippen LogP contribution in [0.1, 0.15) is 31.2 Å². The zero-order valence-corrected chi connectivity index (χ0v) is 12.1. The molecule has 0 aliphatic heterocycles. The summed E-state index contributed by atoms with van der Waals surface area (Å²) >= 11 is 1.62. The second-order valence-corrected chi connectivity index (χ2v) is 5.78. The van der Waals surface area contributed by atoms with E-state index in [4.69, 9.17) is 10.3 Å². The van der Waals surface area contributed by atoms with Crippen molar-refractivity contribution in [2.45, 2.75) is 26.3 Å². The standard InChI is InChI=1S/C13H15N5OS/c1-8(2)12-13(14)15-17-18(12)7-9-6-10(19-16-9)11-4-3-5-20-11/h3-6,8H,7,14H2,1-2H3. The summed E-state index contributed by atoms with van der Waals surface area (Å²) in [5.74, 6) is 1.50. The minimum Gasteiger partial charge on any atom is -0.381 e. The predicted octanol–water partition coefficient (Wildman–Crippen LogP) is 2.75. The number of nitrogens with zero attached hydrogens (tertiary/aromatic N) is 4. The van der Waals surface area contributed by atoms with E-state index in [2.05, 4.69) is 29.3 Å². The van der Waals surface area contributed by atoms with Crippen LogP contribution in [0.2, 0.25) is 0 Å². The van der Waals surface area contributed by atoms with Gasteiger partial charge in [-0.2, -0.15) is 0 Å². The third-order valence-electron chi connectivity index (χ3n) is 2.98. The molecule has 3 aromatic rings. The molecule has 7 heteroatoms. The first-order valence-corrected chi connectivity index (χ1v) is 7.21. The molecule has 0 saturated heterocycles. The van der Waals surface area contributed by atoms with E-state index in [0.717, 1.165) is 22.0 Å². The fourth-order valence-corrected chi connectivity index (χ4v) is 2.79. The number of hydrogen-bond donors (Lipinski definition) is 1. The second-order valence-electron chi connectivity index (χ2n) is 4.83. The first-order valence-electron chi connectivity index (χ1n) is 6.33. The van der Waals surface area contributed by atoms with Crippen molar-refractivity contribution in [3.8, 4) is 10.6 Å². The van der Waals surface area contributed by atoms with Gasteiger partial charge in [0.25, 0.3) is 0 Å². The van der Waals surface area contributed by atoms with Crippen LogP contribution < -0.4 is 5.73 Å². The molecule has 0 saturated carbocycles. The number of nitrogen functional groups attached to an aromatic ring is 1. The molecule has 3 aromatic heterocycles. The topological polar surface area (TPSA) is 82.8 Å². The fourth-order valence-electron chi connectivity index (χ4n) is 2.12. The van der Waals surface area contributed by atoms with E-state index in [1.54, 1.807) is 16.0 Å². The molecular weight excluding hydrogens is 274 g/mol. The van der Waals surface area contributed by atoms with E-state index < -0.39 is 0 Å². The first-order chi connectivity index (χ1) is 9.65. The van der Waals surface area contributed by atoms with Gasteiger partial charge < -0.3 is 10.3 Å². The SMILES string of the molecule is CC(C)c1c(N)nnn1Cc1cc(-c2cccs2)on1. The third-order valence-corrected chi connectivity index (χ3v) is 3.87. The molecule has 0 unspecified atom stereocenters. The van der Waals surface area contributed by atoms with Crippen LogP contribution in [0.5, 0.6) is 0 Å². The molecule has 3 rings (SSSR count). The van der Waals surface area contributed by atoms with E-state index >= 15 is 0 Å². The van der Waals surface area contributed by atoms with Gasteiger partial charge in [-0.3, -0.25) is 0 Å². The molecule has 0 bridgehead atoms. The molecule has 0 aliphatic rings. The summed E-state index contributed by atoms with van der Waals surface area (Å²) in [6.45, 7) is 4.63. The molecular formula is C13H15N5OS. The summed E-state index contributed by atoms with van der Waals surface area (Å²) < 4.78 is 7.13. The average molecular weight is 289 g/mol. The van der Waals surface area contributed by atoms with E-state index in [1.807, 2.05) is 23.6 Å². The molecule has 0 radical (unpaired) electrons. The van der Waals surface area contributed by atoms with Gasteiger partial charge in [-0.05, 0) is 17.4 Å². The van der Waals surface area contributed by atoms with Gasteiger partial charge >= 0.3 is 0 Å². The molecule has 2 N–H and O–H groups in total. The molecule has 6 nitrogen and oxygen atoms in total. The van der Waals surface area contributed by atoms with Gasteiger partial charge in [0.2, 0.25) is 0 Å². The first kappa shape index (κ1) is 12.9. The van der Waals surface area contributed by atoms with Crippen LogP contribution in [0.4, 0.5) is 5.82 Å². The Hall–Kier alpha value is -2.15. The van der Waals surface area contributed by atoms with Crippen LogP contribution in [0.15, 0.2) is 28.1 Å². The van der Waals surface area contributed by atoms with Crippen LogP contribution in [-0.2, 0) is 6.54 Å². The highest BCUT2D eigenvalue weighted by Crippen LogP contribution is 2.26. The van der Waals surface area contributed by atoms with Gasteiger partial charge in [0, 0.05) is 6.07 Å². The normalized spacial score (nSPS) is 11.3. The van der Waals surface area contributed by atoms with Crippen molar-refractivity contribution in [1.82, 2.24) is 20.2 Å². The van der Waals surface area contributed by atoms with Crippen LogP contribution in [0, 0.1) is 0 Å². The zero-order valence-electron chi connectivity index (χ0n) is 11.3. The summed E-state index contributed by atoms with van der Waals surface area (Å²) in [6, 6.07) is 5.91. The van der Waals surface area contributed by atoms with Crippen molar-refractivity contribution < 1.29 is 4.52 Å². The molecule has 0 spiro atoms. The van der Waals surface area contributed by atoms with Gasteiger partial charge in [0.05, 0.1) is 17.1 Å². The number of anilines is 1. The van der Waals surface area contributed by atoms with Crippen molar-refractivity contribution in [2.75, 3.05) is 5.73 Å². The number of nitrogens with two attached hydrogens (primary N) is 1. The Kier molecular flexibility index (Phi) is 3.27. The molecule has 0 amide bonds. The monoisotopic (exact) mass is 289 g/mol. The Labute approximate surface area is 120 Å². The average Bonchev–Trinajstić information content (AvgIpc) is 3.10. The number of hydrogen-bond acceptors (Lipinski definition) is 6. The van der Waals surface area contributed by atoms with Crippen molar-refractivity contribution in [3.05, 3.63) is 35.0 Å². The van der Waals surface area contributed by atoms with Gasteiger partial charge in [-0.1, -0.05) is 30.3 Å². The smallest absolute Gasteiger partial charge is 0.177 e. The van der Waals surface area contributed by atoms with Gasteiger partial charge in [0.15, 0.2) is 11.6 Å². The molecule has 0 aliphatic carbocycles. The number of rotatable bonds is 4. The molecule has 3 heterocycles. The minimum atomic E-state index is 0.258. The highest BCUT2D eigenvalue weighted by molar-refractivity contribution is 7.13. The largest absolute Gasteiger partial charge is 0.381 e. The van der Waals surface area contributed by atoms with Crippen molar-refractivity contribution in [2.24, 2.45) is 0 Å². The van der Waals surface area contributed by atoms with Crippen LogP contribution in [0.3, 0.4) is 0 Å². The Morgan fingerprint density at radius 3 is 3.00 bits per heavy atom. The van der Waals surface area contributed by atoms with E-state index in [9.17, 15) is 0 Å². The van der Waals surface area contributed by atoms with Gasteiger partial charge in [0.1, 0.15) is 5.69 Å². The van der Waals surface area contributed by atoms with Gasteiger partial charge in [-0.15, -0.1) is 16.4 Å². The van der Waals surface area contributed by atoms with E-state index in [-0.39, 0.29) is 5.92 Å². The van der Waals surface area contributed by atoms with Gasteiger partial charge in [-0.25, -0.2) is 4.68 Å². The summed E-state index contributed by atoms with van der Waals surface area (Å²) in [6.07, 6.45) is 0. The lowest BCUT2D eigenvalue weighted by Gasteiger charge is -2.07. The Morgan fingerprint density at radius 1 is 1.45 bits per heavy atom. The second kappa shape index (κ2) is 5.09. The molecule has 0 atom stereocenters. The lowest BCUT2D eigenvalue weighted by atomic mass is 10.1. The van der Waals surface area contributed by atoms with Crippen molar-refractivity contribution in [1.29, 1.82) is 0 Å². The van der Waals surface area contributed by atoms with Crippen molar-refractivity contribution in [3.63, 3.8) is 0 Å². The highest BCUT2D eigenvalue weighted by atomic mass is 32.1. The Bertz CT molecular complexity index is 698. The lowest BCUT2D eigenvalue weighted by molar-refractivity contribution is 0.418. The minimum absolute atomic E-state index is 0.258. The molecule has 0 aromatic carbocycles. The maximum atomic E-state index is 5.84. The highest BCUT2D eigenvalue weighted by Gasteiger charge is 2.16. The fraction of sp³-hybridized carbons (Fsp3) is 0.308. The zero-order chi connectivity index (χ0) is 14.1. The van der Waals surface area contributed by atoms with E-state index in [0.29, 0.717) is 12.4 Å². The quantitative estimate of drug-likeness (QED) is 0.798. The predicted molar refractivity (Wildman–Crippen MR) is 77.4 cm³/mol. The van der Waals surface area contributed by atoms with Crippen LogP contribution in [-0.4, -0.2) is 20.2 Å². The third kappa shape index (κ3) is 2.32. The summed E-state index contributed by atoms with van der Waals surface area (Å²) in [7, 11) is 0. The number of aromatic nitrogens is 4. The van der Waals surface area contributed by atoms with Crippen LogP contribution >= 0.6 is 11.3 Å². The van der Waals surface area contributed by atoms with Crippen molar-refractivity contribution >= 4 is 17.2 Å². The number of thiophene rings is 1. The Balaban J connectivity index is 1.85. The Morgan fingerprint density at radius 2 is 2.30 bits per heavy atom. The molecule has 104 valence electrons. The summed E-state index contributed by atoms with van der Waals surface area (Å²) in [4.78, 5) is 1.06. The maximum absolute atomic E-state index is 5.84.